The van der Waals surface area contributed by atoms with E-state index in [-0.39, 0.29) is 29.4 Å². The van der Waals surface area contributed by atoms with Crippen LogP contribution < -0.4 is 15.5 Å². The first-order chi connectivity index (χ1) is 19.0. The summed E-state index contributed by atoms with van der Waals surface area (Å²) in [6.45, 7) is 1.00. The van der Waals surface area contributed by atoms with Crippen LogP contribution in [-0.2, 0) is 17.1 Å². The second kappa shape index (κ2) is 11.1. The van der Waals surface area contributed by atoms with Crippen LogP contribution in [-0.4, -0.2) is 41.0 Å². The van der Waals surface area contributed by atoms with Gasteiger partial charge in [0.2, 0.25) is 5.91 Å². The summed E-state index contributed by atoms with van der Waals surface area (Å²) in [5.41, 5.74) is -1.12. The van der Waals surface area contributed by atoms with Gasteiger partial charge in [0.1, 0.15) is 11.5 Å². The van der Waals surface area contributed by atoms with Gasteiger partial charge in [-0.25, -0.2) is 9.97 Å². The number of nitrogens with one attached hydrogen (secondary N) is 2. The molecule has 6 nitrogen and oxygen atoms in total. The molecule has 1 aliphatic heterocycles. The van der Waals surface area contributed by atoms with Crippen LogP contribution in [0.4, 0.5) is 37.8 Å². The molecule has 3 heterocycles. The number of amides is 1. The topological polar surface area (TPSA) is 70.2 Å². The Kier molecular flexibility index (Phi) is 7.78. The number of aromatic nitrogens is 2. The minimum absolute atomic E-state index is 0.0700. The molecule has 214 valence electrons. The maximum atomic E-state index is 13.5. The summed E-state index contributed by atoms with van der Waals surface area (Å²) < 4.78 is 78.8. The molecule has 40 heavy (non-hydrogen) atoms. The van der Waals surface area contributed by atoms with Crippen LogP contribution >= 0.6 is 0 Å². The van der Waals surface area contributed by atoms with Crippen molar-refractivity contribution in [2.45, 2.75) is 63.0 Å². The van der Waals surface area contributed by atoms with Gasteiger partial charge >= 0.3 is 12.4 Å². The molecule has 1 aliphatic carbocycles. The van der Waals surface area contributed by atoms with Crippen molar-refractivity contribution in [2.75, 3.05) is 23.3 Å². The summed E-state index contributed by atoms with van der Waals surface area (Å²) in [5, 5.41) is 7.01. The van der Waals surface area contributed by atoms with Gasteiger partial charge in [0.25, 0.3) is 0 Å². The Labute approximate surface area is 227 Å². The summed E-state index contributed by atoms with van der Waals surface area (Å²) >= 11 is 0. The second-order valence-electron chi connectivity index (χ2n) is 10.4. The molecule has 1 amide bonds. The Balaban J connectivity index is 1.17. The molecule has 0 spiro atoms. The van der Waals surface area contributed by atoms with Crippen LogP contribution in [0, 0.1) is 5.92 Å². The number of benzene rings is 1. The Morgan fingerprint density at radius 1 is 0.900 bits per heavy atom. The fourth-order valence-corrected chi connectivity index (χ4v) is 5.54. The summed E-state index contributed by atoms with van der Waals surface area (Å²) in [4.78, 5) is 22.6. The van der Waals surface area contributed by atoms with Crippen LogP contribution in [0.2, 0.25) is 0 Å². The Hall–Kier alpha value is -3.57. The molecule has 2 aromatic heterocycles. The van der Waals surface area contributed by atoms with E-state index < -0.39 is 23.6 Å². The third-order valence-electron chi connectivity index (χ3n) is 7.65. The van der Waals surface area contributed by atoms with Gasteiger partial charge < -0.3 is 15.5 Å². The summed E-state index contributed by atoms with van der Waals surface area (Å²) in [5.74, 6) is 0.155. The maximum absolute atomic E-state index is 13.5. The van der Waals surface area contributed by atoms with Gasteiger partial charge in [-0.2, -0.15) is 26.3 Å². The first-order valence-electron chi connectivity index (χ1n) is 13.3. The molecule has 2 fully saturated rings. The number of alkyl halides is 6. The van der Waals surface area contributed by atoms with Gasteiger partial charge in [-0.3, -0.25) is 4.79 Å². The summed E-state index contributed by atoms with van der Waals surface area (Å²) in [6.07, 6.45) is -4.15. The number of piperidine rings is 1. The normalized spacial score (nSPS) is 20.9. The van der Waals surface area contributed by atoms with Crippen LogP contribution in [0.5, 0.6) is 0 Å². The number of rotatable bonds is 5. The number of anilines is 2. The van der Waals surface area contributed by atoms with E-state index in [9.17, 15) is 31.1 Å². The first-order valence-corrected chi connectivity index (χ1v) is 13.3. The van der Waals surface area contributed by atoms with E-state index in [4.69, 9.17) is 0 Å². The molecule has 2 atom stereocenters. The zero-order valence-corrected chi connectivity index (χ0v) is 21.5. The molecule has 1 saturated heterocycles. The zero-order chi connectivity index (χ0) is 28.5. The number of hydrogen-bond donors (Lipinski definition) is 2. The number of carbonyl (C=O) groups is 1. The Morgan fingerprint density at radius 2 is 1.62 bits per heavy atom. The molecule has 2 aliphatic rings. The first kappa shape index (κ1) is 28.0. The minimum Gasteiger partial charge on any atom is -0.382 e. The van der Waals surface area contributed by atoms with E-state index in [0.717, 1.165) is 37.6 Å². The molecule has 1 saturated carbocycles. The van der Waals surface area contributed by atoms with Gasteiger partial charge in [-0.15, -0.1) is 0 Å². The van der Waals surface area contributed by atoms with Crippen molar-refractivity contribution in [3.8, 4) is 0 Å². The minimum atomic E-state index is -4.57. The third kappa shape index (κ3) is 6.42. The fourth-order valence-electron chi connectivity index (χ4n) is 5.54. The molecule has 0 radical (unpaired) electrons. The highest BCUT2D eigenvalue weighted by Gasteiger charge is 2.35. The average Bonchev–Trinajstić information content (AvgIpc) is 2.92. The molecule has 2 N–H and O–H groups in total. The predicted molar refractivity (Wildman–Crippen MR) is 139 cm³/mol. The van der Waals surface area contributed by atoms with Crippen LogP contribution in [0.25, 0.3) is 10.9 Å². The van der Waals surface area contributed by atoms with Crippen LogP contribution in [0.15, 0.2) is 48.7 Å². The van der Waals surface area contributed by atoms with E-state index in [1.165, 1.54) is 6.07 Å². The van der Waals surface area contributed by atoms with Crippen molar-refractivity contribution in [1.82, 2.24) is 15.3 Å². The number of halogens is 6. The van der Waals surface area contributed by atoms with E-state index in [1.54, 1.807) is 24.3 Å². The van der Waals surface area contributed by atoms with Crippen LogP contribution in [0.1, 0.15) is 49.8 Å². The highest BCUT2D eigenvalue weighted by molar-refractivity contribution is 5.91. The standard InChI is InChI=1S/C28H29F6N5O/c29-27(30,31)18-8-9-25(35-16-18)39-12-10-17(11-13-39)26(40)37-20-5-3-4-19(14-20)36-23-15-24(28(32,33)34)38-22-7-2-1-6-21(22)23/h1-2,6-9,15-17,19-20H,3-5,10-14H2,(H,36,38)(H,37,40)/t19-,20+/m0/s1. The van der Waals surface area contributed by atoms with Crippen molar-refractivity contribution in [1.29, 1.82) is 0 Å². The van der Waals surface area contributed by atoms with Crippen molar-refractivity contribution in [3.05, 3.63) is 59.9 Å². The quantitative estimate of drug-likeness (QED) is 0.350. The van der Waals surface area contributed by atoms with Gasteiger partial charge in [0.05, 0.1) is 11.1 Å². The second-order valence-corrected chi connectivity index (χ2v) is 10.4. The van der Waals surface area contributed by atoms with Crippen LogP contribution in [0.3, 0.4) is 0 Å². The molecule has 3 aromatic rings. The lowest BCUT2D eigenvalue weighted by atomic mass is 9.89. The van der Waals surface area contributed by atoms with Gasteiger partial charge in [0, 0.05) is 48.4 Å². The third-order valence-corrected chi connectivity index (χ3v) is 7.65. The monoisotopic (exact) mass is 565 g/mol. The SMILES string of the molecule is O=C(N[C@@H]1CCC[C@H](Nc2cc(C(F)(F)F)nc3ccccc23)C1)C1CCN(c2ccc(C(F)(F)F)cn2)CC1. The number of para-hydroxylation sites is 1. The Morgan fingerprint density at radius 3 is 2.30 bits per heavy atom. The van der Waals surface area contributed by atoms with Gasteiger partial charge in [0.15, 0.2) is 0 Å². The number of fused-ring (bicyclic) bond motifs is 1. The smallest absolute Gasteiger partial charge is 0.382 e. The Bertz CT molecular complexity index is 1340. The average molecular weight is 566 g/mol. The summed E-state index contributed by atoms with van der Waals surface area (Å²) in [7, 11) is 0. The molecular weight excluding hydrogens is 536 g/mol. The number of nitrogens with zero attached hydrogens (tertiary/aromatic N) is 3. The largest absolute Gasteiger partial charge is 0.433 e. The van der Waals surface area contributed by atoms with E-state index >= 15 is 0 Å². The molecule has 0 unspecified atom stereocenters. The number of hydrogen-bond acceptors (Lipinski definition) is 5. The van der Waals surface area contributed by atoms with E-state index in [1.807, 2.05) is 4.90 Å². The van der Waals surface area contributed by atoms with Crippen molar-refractivity contribution >= 4 is 28.3 Å². The molecular formula is C28H29F6N5O. The van der Waals surface area contributed by atoms with Gasteiger partial charge in [-0.05, 0) is 62.8 Å². The highest BCUT2D eigenvalue weighted by atomic mass is 19.4. The fraction of sp³-hybridized carbons (Fsp3) is 0.464. The van der Waals surface area contributed by atoms with Crippen molar-refractivity contribution < 1.29 is 31.1 Å². The molecule has 0 bridgehead atoms. The lowest BCUT2D eigenvalue weighted by Crippen LogP contribution is -2.46. The van der Waals surface area contributed by atoms with Crippen molar-refractivity contribution in [3.63, 3.8) is 0 Å². The summed E-state index contributed by atoms with van der Waals surface area (Å²) in [6, 6.07) is 9.88. The lowest BCUT2D eigenvalue weighted by molar-refractivity contribution is -0.141. The molecule has 12 heteroatoms. The van der Waals surface area contributed by atoms with Crippen molar-refractivity contribution in [2.24, 2.45) is 5.92 Å². The zero-order valence-electron chi connectivity index (χ0n) is 21.5. The number of pyridine rings is 2. The molecule has 5 rings (SSSR count). The van der Waals surface area contributed by atoms with Gasteiger partial charge in [-0.1, -0.05) is 18.2 Å². The lowest BCUT2D eigenvalue weighted by Gasteiger charge is -2.35. The van der Waals surface area contributed by atoms with E-state index in [2.05, 4.69) is 20.6 Å². The number of carbonyl (C=O) groups excluding carboxylic acids is 1. The highest BCUT2D eigenvalue weighted by Crippen LogP contribution is 2.35. The van der Waals surface area contributed by atoms with E-state index in [0.29, 0.717) is 49.2 Å². The molecule has 1 aromatic carbocycles. The predicted octanol–water partition coefficient (Wildman–Crippen LogP) is 6.42. The maximum Gasteiger partial charge on any atom is 0.433 e.